The molecule has 1 aromatic carbocycles. The van der Waals surface area contributed by atoms with Crippen LogP contribution >= 0.6 is 0 Å². The lowest BCUT2D eigenvalue weighted by molar-refractivity contribution is -0.143. The van der Waals surface area contributed by atoms with E-state index in [0.717, 1.165) is 22.5 Å². The Kier molecular flexibility index (Phi) is 5.22. The van der Waals surface area contributed by atoms with E-state index in [-0.39, 0.29) is 25.4 Å². The number of ether oxygens (including phenoxy) is 5. The summed E-state index contributed by atoms with van der Waals surface area (Å²) in [6.07, 6.45) is -0.131. The van der Waals surface area contributed by atoms with Gasteiger partial charge in [-0.05, 0) is 35.6 Å². The van der Waals surface area contributed by atoms with E-state index in [4.69, 9.17) is 23.7 Å². The molecule has 2 bridgehead atoms. The molecule has 0 N–H and O–H groups in total. The van der Waals surface area contributed by atoms with E-state index < -0.39 is 28.2 Å². The lowest BCUT2D eigenvalue weighted by Crippen LogP contribution is -2.39. The molecule has 2 heterocycles. The molecule has 0 radical (unpaired) electrons. The number of carbonyl (C=O) groups is 2. The second-order valence-corrected chi connectivity index (χ2v) is 10.5. The molecule has 1 aromatic rings. The minimum atomic E-state index is -0.771. The van der Waals surface area contributed by atoms with Crippen LogP contribution in [0.25, 0.3) is 5.57 Å². The average Bonchev–Trinajstić information content (AvgIpc) is 3.72. The van der Waals surface area contributed by atoms with Crippen LogP contribution in [0.4, 0.5) is 0 Å². The van der Waals surface area contributed by atoms with Crippen LogP contribution in [-0.2, 0) is 28.5 Å². The maximum atomic E-state index is 13.6. The SMILES string of the molecule is COc1ccc(C2=C(C)[C@@]3(C)C(C(=O)OCC4CO4)=C(C(=O)OCC4CO4)[C@]2(C)C3(C)C)cc1. The fourth-order valence-corrected chi connectivity index (χ4v) is 6.03. The van der Waals surface area contributed by atoms with Crippen molar-refractivity contribution in [1.29, 1.82) is 0 Å². The maximum Gasteiger partial charge on any atom is 0.335 e. The number of hydrogen-bond donors (Lipinski definition) is 0. The summed E-state index contributed by atoms with van der Waals surface area (Å²) >= 11 is 0. The van der Waals surface area contributed by atoms with Crippen LogP contribution in [0, 0.1) is 16.2 Å². The Bertz CT molecular complexity index is 1100. The standard InChI is InChI=1S/C27H32O7/c1-15-20(16-7-9-17(30-6)10-8-16)27(5)22(24(29)34-14-19-12-32-19)21(26(15,4)25(27,2)3)23(28)33-13-18-11-31-18/h7-10,18-19H,11-14H2,1-6H3/t18?,19?,26-,27+/m0/s1. The largest absolute Gasteiger partial charge is 0.497 e. The van der Waals surface area contributed by atoms with E-state index in [0.29, 0.717) is 24.4 Å². The number of rotatable bonds is 8. The van der Waals surface area contributed by atoms with Gasteiger partial charge in [0, 0.05) is 10.8 Å². The van der Waals surface area contributed by atoms with Crippen molar-refractivity contribution in [1.82, 2.24) is 0 Å². The predicted molar refractivity (Wildman–Crippen MR) is 124 cm³/mol. The fourth-order valence-electron chi connectivity index (χ4n) is 6.03. The van der Waals surface area contributed by atoms with Crippen LogP contribution in [0.5, 0.6) is 5.75 Å². The van der Waals surface area contributed by atoms with Gasteiger partial charge >= 0.3 is 11.9 Å². The minimum Gasteiger partial charge on any atom is -0.497 e. The zero-order chi connectivity index (χ0) is 24.5. The summed E-state index contributed by atoms with van der Waals surface area (Å²) in [7, 11) is 1.63. The number of hydrogen-bond acceptors (Lipinski definition) is 7. The Labute approximate surface area is 200 Å². The van der Waals surface area contributed by atoms with Gasteiger partial charge in [0.05, 0.1) is 31.5 Å². The van der Waals surface area contributed by atoms with Crippen molar-refractivity contribution in [3.63, 3.8) is 0 Å². The normalized spacial score (nSPS) is 32.6. The molecule has 2 aliphatic carbocycles. The molecule has 4 atom stereocenters. The van der Waals surface area contributed by atoms with Crippen molar-refractivity contribution in [2.45, 2.75) is 46.8 Å². The smallest absolute Gasteiger partial charge is 0.335 e. The summed E-state index contributed by atoms with van der Waals surface area (Å²) < 4.78 is 27.1. The Morgan fingerprint density at radius 3 is 1.79 bits per heavy atom. The zero-order valence-corrected chi connectivity index (χ0v) is 20.7. The number of benzene rings is 1. The summed E-state index contributed by atoms with van der Waals surface area (Å²) in [6, 6.07) is 7.84. The van der Waals surface area contributed by atoms with Crippen molar-refractivity contribution < 1.29 is 33.3 Å². The van der Waals surface area contributed by atoms with Crippen LogP contribution in [0.3, 0.4) is 0 Å². The molecule has 0 aromatic heterocycles. The second kappa shape index (κ2) is 7.68. The highest BCUT2D eigenvalue weighted by Gasteiger charge is 2.73. The topological polar surface area (TPSA) is 86.9 Å². The van der Waals surface area contributed by atoms with Crippen LogP contribution in [0.15, 0.2) is 41.0 Å². The van der Waals surface area contributed by atoms with Gasteiger partial charge in [-0.15, -0.1) is 0 Å². The number of esters is 2. The van der Waals surface area contributed by atoms with E-state index >= 15 is 0 Å². The minimum absolute atomic E-state index is 0.0616. The van der Waals surface area contributed by atoms with Crippen LogP contribution in [-0.4, -0.2) is 57.7 Å². The quantitative estimate of drug-likeness (QED) is 0.425. The molecule has 7 heteroatoms. The zero-order valence-electron chi connectivity index (χ0n) is 20.7. The number of fused-ring (bicyclic) bond motifs is 2. The van der Waals surface area contributed by atoms with Crippen LogP contribution in [0.1, 0.15) is 40.2 Å². The second-order valence-electron chi connectivity index (χ2n) is 10.5. The third kappa shape index (κ3) is 3.09. The summed E-state index contributed by atoms with van der Waals surface area (Å²) in [5.74, 6) is -0.201. The first-order chi connectivity index (χ1) is 16.1. The van der Waals surface area contributed by atoms with Gasteiger partial charge in [-0.25, -0.2) is 9.59 Å². The summed E-state index contributed by atoms with van der Waals surface area (Å²) in [6.45, 7) is 11.9. The van der Waals surface area contributed by atoms with Gasteiger partial charge in [-0.2, -0.15) is 0 Å². The van der Waals surface area contributed by atoms with Crippen LogP contribution < -0.4 is 4.74 Å². The first kappa shape index (κ1) is 23.1. The highest BCUT2D eigenvalue weighted by molar-refractivity contribution is 6.10. The average molecular weight is 469 g/mol. The summed E-state index contributed by atoms with van der Waals surface area (Å²) in [5.41, 5.74) is 1.90. The maximum absolute atomic E-state index is 13.6. The molecule has 2 unspecified atom stereocenters. The monoisotopic (exact) mass is 468 g/mol. The molecule has 4 aliphatic rings. The van der Waals surface area contributed by atoms with Gasteiger partial charge in [-0.3, -0.25) is 0 Å². The molecular formula is C27H32O7. The lowest BCUT2D eigenvalue weighted by atomic mass is 9.59. The first-order valence-electron chi connectivity index (χ1n) is 11.8. The summed E-state index contributed by atoms with van der Waals surface area (Å²) in [4.78, 5) is 27.2. The molecule has 182 valence electrons. The van der Waals surface area contributed by atoms with Crippen LogP contribution in [0.2, 0.25) is 0 Å². The van der Waals surface area contributed by atoms with Crippen molar-refractivity contribution in [3.8, 4) is 5.75 Å². The Morgan fingerprint density at radius 2 is 1.35 bits per heavy atom. The lowest BCUT2D eigenvalue weighted by Gasteiger charge is -2.42. The molecule has 2 aliphatic heterocycles. The van der Waals surface area contributed by atoms with Crippen molar-refractivity contribution in [2.75, 3.05) is 33.5 Å². The number of carbonyl (C=O) groups excluding carboxylic acids is 2. The molecule has 2 fully saturated rings. The molecule has 34 heavy (non-hydrogen) atoms. The highest BCUT2D eigenvalue weighted by atomic mass is 16.6. The first-order valence-corrected chi connectivity index (χ1v) is 11.8. The molecule has 0 amide bonds. The third-order valence-corrected chi connectivity index (χ3v) is 8.77. The third-order valence-electron chi connectivity index (χ3n) is 8.77. The van der Waals surface area contributed by atoms with Crippen molar-refractivity contribution >= 4 is 17.5 Å². The van der Waals surface area contributed by atoms with Gasteiger partial charge in [0.1, 0.15) is 31.2 Å². The Hall–Kier alpha value is -2.64. The molecule has 0 saturated carbocycles. The molecule has 7 nitrogen and oxygen atoms in total. The van der Waals surface area contributed by atoms with E-state index in [1.807, 2.05) is 31.2 Å². The number of epoxide rings is 2. The summed E-state index contributed by atoms with van der Waals surface area (Å²) in [5, 5.41) is 0. The van der Waals surface area contributed by atoms with Gasteiger partial charge in [0.15, 0.2) is 0 Å². The number of methoxy groups -OCH3 is 1. The van der Waals surface area contributed by atoms with Gasteiger partial charge in [-0.1, -0.05) is 45.4 Å². The van der Waals surface area contributed by atoms with Crippen molar-refractivity contribution in [2.24, 2.45) is 16.2 Å². The van der Waals surface area contributed by atoms with Gasteiger partial charge < -0.3 is 23.7 Å². The van der Waals surface area contributed by atoms with Gasteiger partial charge in [0.2, 0.25) is 0 Å². The fraction of sp³-hybridized carbons (Fsp3) is 0.556. The van der Waals surface area contributed by atoms with Gasteiger partial charge in [0.25, 0.3) is 0 Å². The van der Waals surface area contributed by atoms with E-state index in [9.17, 15) is 9.59 Å². The number of allylic oxidation sites excluding steroid dienone is 2. The van der Waals surface area contributed by atoms with E-state index in [1.165, 1.54) is 0 Å². The molecule has 0 spiro atoms. The highest BCUT2D eigenvalue weighted by Crippen LogP contribution is 2.77. The molecule has 2 saturated heterocycles. The Balaban J connectivity index is 1.63. The predicted octanol–water partition coefficient (Wildman–Crippen LogP) is 3.72. The van der Waals surface area contributed by atoms with Crippen molar-refractivity contribution in [3.05, 3.63) is 46.5 Å². The molecular weight excluding hydrogens is 436 g/mol. The van der Waals surface area contributed by atoms with E-state index in [1.54, 1.807) is 7.11 Å². The Morgan fingerprint density at radius 1 is 0.882 bits per heavy atom. The molecule has 5 rings (SSSR count). The van der Waals surface area contributed by atoms with E-state index in [2.05, 4.69) is 27.7 Å².